The third-order valence-electron chi connectivity index (χ3n) is 7.47. The maximum atomic E-state index is 13.0. The second kappa shape index (κ2) is 10.5. The van der Waals surface area contributed by atoms with E-state index in [2.05, 4.69) is 10.6 Å². The maximum Gasteiger partial charge on any atom is 0.326 e. The van der Waals surface area contributed by atoms with Gasteiger partial charge in [-0.3, -0.25) is 14.4 Å². The van der Waals surface area contributed by atoms with Gasteiger partial charge in [0.15, 0.2) is 0 Å². The van der Waals surface area contributed by atoms with Crippen LogP contribution in [-0.2, 0) is 20.8 Å². The molecule has 8 nitrogen and oxygen atoms in total. The number of carbonyl (C=O) groups is 4. The van der Waals surface area contributed by atoms with E-state index in [1.54, 1.807) is 63.2 Å². The molecule has 0 spiro atoms. The van der Waals surface area contributed by atoms with Crippen molar-refractivity contribution in [2.24, 2.45) is 16.7 Å². The van der Waals surface area contributed by atoms with Crippen molar-refractivity contribution in [3.8, 4) is 0 Å². The molecule has 0 saturated heterocycles. The molecule has 2 aromatic rings. The van der Waals surface area contributed by atoms with Gasteiger partial charge in [0.25, 0.3) is 5.91 Å². The number of hydrogen-bond donors (Lipinski definition) is 4. The van der Waals surface area contributed by atoms with Crippen molar-refractivity contribution >= 4 is 52.6 Å². The van der Waals surface area contributed by atoms with E-state index in [4.69, 9.17) is 23.2 Å². The van der Waals surface area contributed by atoms with Crippen LogP contribution in [0.5, 0.6) is 0 Å². The zero-order chi connectivity index (χ0) is 26.8. The molecule has 36 heavy (non-hydrogen) atoms. The lowest BCUT2D eigenvalue weighted by atomic mass is 9.65. The van der Waals surface area contributed by atoms with E-state index < -0.39 is 46.5 Å². The first kappa shape index (κ1) is 27.5. The van der Waals surface area contributed by atoms with E-state index in [1.165, 1.54) is 0 Å². The minimum atomic E-state index is -1.20. The van der Waals surface area contributed by atoms with Gasteiger partial charge in [-0.05, 0) is 55.0 Å². The van der Waals surface area contributed by atoms with E-state index >= 15 is 0 Å². The third-order valence-corrected chi connectivity index (χ3v) is 8.10. The molecule has 192 valence electrons. The highest BCUT2D eigenvalue weighted by molar-refractivity contribution is 6.40. The van der Waals surface area contributed by atoms with Gasteiger partial charge in [-0.25, -0.2) is 4.79 Å². The molecule has 0 radical (unpaired) electrons. The molecule has 0 unspecified atom stereocenters. The maximum absolute atomic E-state index is 13.0. The molecule has 2 amide bonds. The lowest BCUT2D eigenvalue weighted by Crippen LogP contribution is -2.49. The summed E-state index contributed by atoms with van der Waals surface area (Å²) in [5.74, 6) is -3.76. The van der Waals surface area contributed by atoms with Gasteiger partial charge in [0, 0.05) is 18.0 Å². The molecule has 1 aliphatic rings. The first-order valence-electron chi connectivity index (χ1n) is 11.4. The molecule has 3 atom stereocenters. The van der Waals surface area contributed by atoms with Crippen molar-refractivity contribution in [1.82, 2.24) is 5.32 Å². The Labute approximate surface area is 219 Å². The van der Waals surface area contributed by atoms with Crippen LogP contribution in [0.25, 0.3) is 0 Å². The first-order valence-corrected chi connectivity index (χ1v) is 12.1. The summed E-state index contributed by atoms with van der Waals surface area (Å²) in [5, 5.41) is 25.1. The Morgan fingerprint density at radius 3 is 2.08 bits per heavy atom. The number of nitrogens with one attached hydrogen (secondary N) is 2. The molecule has 0 heterocycles. The number of hydrogen-bond acceptors (Lipinski definition) is 4. The zero-order valence-electron chi connectivity index (χ0n) is 20.1. The van der Waals surface area contributed by atoms with E-state index in [9.17, 15) is 29.4 Å². The molecule has 0 bridgehead atoms. The van der Waals surface area contributed by atoms with E-state index in [0.29, 0.717) is 24.1 Å². The fourth-order valence-corrected chi connectivity index (χ4v) is 5.25. The summed E-state index contributed by atoms with van der Waals surface area (Å²) in [6.07, 6.45) is 0.699. The number of carboxylic acid groups (broad SMARTS) is 2. The summed E-state index contributed by atoms with van der Waals surface area (Å²) in [6, 6.07) is 10.1. The Bertz CT molecular complexity index is 1180. The monoisotopic (exact) mass is 534 g/mol. The molecule has 2 aromatic carbocycles. The van der Waals surface area contributed by atoms with Gasteiger partial charge in [0.2, 0.25) is 5.91 Å². The van der Waals surface area contributed by atoms with E-state index in [0.717, 1.165) is 0 Å². The quantitative estimate of drug-likeness (QED) is 0.381. The summed E-state index contributed by atoms with van der Waals surface area (Å²) in [6.45, 7) is 5.09. The topological polar surface area (TPSA) is 133 Å². The zero-order valence-corrected chi connectivity index (χ0v) is 21.6. The van der Waals surface area contributed by atoms with Gasteiger partial charge in [-0.1, -0.05) is 55.2 Å². The Hall–Kier alpha value is -3.10. The van der Waals surface area contributed by atoms with Gasteiger partial charge in [0.1, 0.15) is 6.04 Å². The summed E-state index contributed by atoms with van der Waals surface area (Å²) in [5.41, 5.74) is -0.709. The van der Waals surface area contributed by atoms with Crippen molar-refractivity contribution in [3.05, 3.63) is 63.6 Å². The molecule has 1 fully saturated rings. The van der Waals surface area contributed by atoms with E-state index in [1.807, 2.05) is 0 Å². The highest BCUT2D eigenvalue weighted by atomic mass is 35.5. The average molecular weight is 535 g/mol. The second-order valence-corrected chi connectivity index (χ2v) is 10.6. The SMILES string of the molecule is CC1(C)[C@H](C(=O)N[C@H](Cc2ccc(NC(=O)c3c(Cl)cccc3Cl)cc2)C(=O)O)CC[C@]1(C)C(=O)O. The van der Waals surface area contributed by atoms with Crippen molar-refractivity contribution in [2.45, 2.75) is 46.1 Å². The molecule has 10 heteroatoms. The Balaban J connectivity index is 1.68. The van der Waals surface area contributed by atoms with Crippen LogP contribution in [0, 0.1) is 16.7 Å². The normalized spacial score (nSPS) is 21.4. The number of aliphatic carboxylic acids is 2. The number of rotatable bonds is 8. The van der Waals surface area contributed by atoms with Gasteiger partial charge < -0.3 is 20.8 Å². The standard InChI is InChI=1S/C26H28Cl2N2O6/c1-25(2)16(11-12-26(25,3)24(35)36)21(31)30-19(23(33)34)13-14-7-9-15(10-8-14)29-22(32)20-17(27)5-4-6-18(20)28/h4-10,16,19H,11-13H2,1-3H3,(H,29,32)(H,30,31)(H,33,34)(H,35,36)/t16-,19+,26+/m0/s1. The minimum Gasteiger partial charge on any atom is -0.481 e. The van der Waals surface area contributed by atoms with Crippen LogP contribution in [0.4, 0.5) is 5.69 Å². The summed E-state index contributed by atoms with van der Waals surface area (Å²) in [7, 11) is 0. The van der Waals surface area contributed by atoms with Gasteiger partial charge in [-0.15, -0.1) is 0 Å². The molecule has 0 aromatic heterocycles. The summed E-state index contributed by atoms with van der Waals surface area (Å²) >= 11 is 12.2. The number of benzene rings is 2. The number of halogens is 2. The predicted molar refractivity (Wildman–Crippen MR) is 136 cm³/mol. The van der Waals surface area contributed by atoms with Crippen LogP contribution in [0.1, 0.15) is 49.5 Å². The molecular formula is C26H28Cl2N2O6. The first-order chi connectivity index (χ1) is 16.8. The highest BCUT2D eigenvalue weighted by Gasteiger charge is 2.58. The summed E-state index contributed by atoms with van der Waals surface area (Å²) in [4.78, 5) is 49.3. The van der Waals surface area contributed by atoms with E-state index in [-0.39, 0.29) is 22.0 Å². The van der Waals surface area contributed by atoms with Crippen LogP contribution < -0.4 is 10.6 Å². The Kier molecular flexibility index (Phi) is 8.00. The lowest BCUT2D eigenvalue weighted by molar-refractivity contribution is -0.155. The molecule has 4 N–H and O–H groups in total. The van der Waals surface area contributed by atoms with Crippen molar-refractivity contribution in [2.75, 3.05) is 5.32 Å². The number of amides is 2. The fraction of sp³-hybridized carbons (Fsp3) is 0.385. The van der Waals surface area contributed by atoms with Crippen LogP contribution in [-0.4, -0.2) is 40.0 Å². The molecule has 1 saturated carbocycles. The van der Waals surface area contributed by atoms with Crippen LogP contribution in [0.3, 0.4) is 0 Å². The third kappa shape index (κ3) is 5.34. The summed E-state index contributed by atoms with van der Waals surface area (Å²) < 4.78 is 0. The smallest absolute Gasteiger partial charge is 0.326 e. The molecule has 0 aliphatic heterocycles. The van der Waals surface area contributed by atoms with Crippen LogP contribution >= 0.6 is 23.2 Å². The molecule has 3 rings (SSSR count). The second-order valence-electron chi connectivity index (χ2n) is 9.80. The Morgan fingerprint density at radius 2 is 1.58 bits per heavy atom. The number of carboxylic acids is 2. The average Bonchev–Trinajstić information content (AvgIpc) is 3.04. The largest absolute Gasteiger partial charge is 0.481 e. The van der Waals surface area contributed by atoms with Crippen molar-refractivity contribution in [3.63, 3.8) is 0 Å². The van der Waals surface area contributed by atoms with Crippen LogP contribution in [0.15, 0.2) is 42.5 Å². The van der Waals surface area contributed by atoms with Crippen LogP contribution in [0.2, 0.25) is 10.0 Å². The molecular weight excluding hydrogens is 507 g/mol. The van der Waals surface area contributed by atoms with Crippen molar-refractivity contribution < 1.29 is 29.4 Å². The molecule has 1 aliphatic carbocycles. The highest BCUT2D eigenvalue weighted by Crippen LogP contribution is 2.56. The van der Waals surface area contributed by atoms with Gasteiger partial charge in [-0.2, -0.15) is 0 Å². The van der Waals surface area contributed by atoms with Gasteiger partial charge in [0.05, 0.1) is 21.0 Å². The number of anilines is 1. The Morgan fingerprint density at radius 1 is 1.00 bits per heavy atom. The lowest BCUT2D eigenvalue weighted by Gasteiger charge is -2.38. The number of carbonyl (C=O) groups excluding carboxylic acids is 2. The predicted octanol–water partition coefficient (Wildman–Crippen LogP) is 4.88. The van der Waals surface area contributed by atoms with Crippen molar-refractivity contribution in [1.29, 1.82) is 0 Å². The van der Waals surface area contributed by atoms with Gasteiger partial charge >= 0.3 is 11.9 Å². The minimum absolute atomic E-state index is 0.00892. The fourth-order valence-electron chi connectivity index (χ4n) is 4.68.